The third kappa shape index (κ3) is 2.89. The molecule has 2 rings (SSSR count). The molecule has 1 aromatic rings. The Morgan fingerprint density at radius 2 is 2.05 bits per heavy atom. The predicted octanol–water partition coefficient (Wildman–Crippen LogP) is 1.75. The summed E-state index contributed by atoms with van der Waals surface area (Å²) in [5.74, 6) is 0.162. The molecule has 1 aliphatic heterocycles. The molecular formula is C13H18N2O3S. The SMILES string of the molecule is CCCS(=O)(=O)Nc1ccc2c(c1)CC(=O)N2CC. The first-order chi connectivity index (χ1) is 8.96. The number of benzene rings is 1. The largest absolute Gasteiger partial charge is 0.312 e. The number of nitrogens with zero attached hydrogens (tertiary/aromatic N) is 1. The number of fused-ring (bicyclic) bond motifs is 1. The molecular weight excluding hydrogens is 264 g/mol. The fourth-order valence-electron chi connectivity index (χ4n) is 2.29. The molecule has 0 saturated heterocycles. The van der Waals surface area contributed by atoms with Crippen molar-refractivity contribution >= 4 is 27.3 Å². The third-order valence-electron chi connectivity index (χ3n) is 3.08. The second-order valence-electron chi connectivity index (χ2n) is 4.58. The quantitative estimate of drug-likeness (QED) is 0.894. The van der Waals surface area contributed by atoms with Gasteiger partial charge in [-0.1, -0.05) is 6.92 Å². The standard InChI is InChI=1S/C13H18N2O3S/c1-3-7-19(17,18)14-11-5-6-12-10(8-11)9-13(16)15(12)4-2/h5-6,8,14H,3-4,7,9H2,1-2H3. The van der Waals surface area contributed by atoms with Crippen molar-refractivity contribution in [3.8, 4) is 0 Å². The summed E-state index contributed by atoms with van der Waals surface area (Å²) in [6, 6.07) is 5.25. The Bertz CT molecular complexity index is 596. The van der Waals surface area contributed by atoms with Crippen molar-refractivity contribution in [2.75, 3.05) is 21.9 Å². The van der Waals surface area contributed by atoms with Crippen molar-refractivity contribution in [3.63, 3.8) is 0 Å². The van der Waals surface area contributed by atoms with Crippen molar-refractivity contribution in [2.24, 2.45) is 0 Å². The van der Waals surface area contributed by atoms with E-state index in [4.69, 9.17) is 0 Å². The second-order valence-corrected chi connectivity index (χ2v) is 6.42. The van der Waals surface area contributed by atoms with Gasteiger partial charge in [0.15, 0.2) is 0 Å². The summed E-state index contributed by atoms with van der Waals surface area (Å²) in [5.41, 5.74) is 2.28. The molecule has 1 heterocycles. The Hall–Kier alpha value is -1.56. The smallest absolute Gasteiger partial charge is 0.232 e. The number of likely N-dealkylation sites (N-methyl/N-ethyl adjacent to an activating group) is 1. The molecule has 0 saturated carbocycles. The predicted molar refractivity (Wildman–Crippen MR) is 75.9 cm³/mol. The zero-order valence-corrected chi connectivity index (χ0v) is 12.0. The number of nitrogens with one attached hydrogen (secondary N) is 1. The molecule has 0 radical (unpaired) electrons. The highest BCUT2D eigenvalue weighted by Crippen LogP contribution is 2.31. The van der Waals surface area contributed by atoms with Gasteiger partial charge in [0.2, 0.25) is 15.9 Å². The maximum Gasteiger partial charge on any atom is 0.232 e. The molecule has 5 nitrogen and oxygen atoms in total. The number of carbonyl (C=O) groups is 1. The van der Waals surface area contributed by atoms with E-state index in [1.807, 2.05) is 13.8 Å². The number of amides is 1. The van der Waals surface area contributed by atoms with Gasteiger partial charge in [0.1, 0.15) is 0 Å². The second kappa shape index (κ2) is 5.21. The van der Waals surface area contributed by atoms with E-state index in [2.05, 4.69) is 4.72 Å². The van der Waals surface area contributed by atoms with Gasteiger partial charge in [0, 0.05) is 17.9 Å². The molecule has 0 aliphatic carbocycles. The summed E-state index contributed by atoms with van der Waals surface area (Å²) in [6.07, 6.45) is 0.912. The van der Waals surface area contributed by atoms with E-state index in [1.165, 1.54) is 0 Å². The van der Waals surface area contributed by atoms with Crippen LogP contribution in [0.2, 0.25) is 0 Å². The fourth-order valence-corrected chi connectivity index (χ4v) is 3.42. The lowest BCUT2D eigenvalue weighted by molar-refractivity contribution is -0.117. The van der Waals surface area contributed by atoms with Crippen LogP contribution in [-0.4, -0.2) is 26.6 Å². The van der Waals surface area contributed by atoms with E-state index < -0.39 is 10.0 Å². The molecule has 0 unspecified atom stereocenters. The van der Waals surface area contributed by atoms with Gasteiger partial charge in [-0.3, -0.25) is 9.52 Å². The lowest BCUT2D eigenvalue weighted by atomic mass is 10.1. The molecule has 1 aliphatic rings. The molecule has 19 heavy (non-hydrogen) atoms. The Kier molecular flexibility index (Phi) is 3.80. The van der Waals surface area contributed by atoms with Gasteiger partial charge >= 0.3 is 0 Å². The number of carbonyl (C=O) groups excluding carboxylic acids is 1. The minimum absolute atomic E-state index is 0.0612. The Labute approximate surface area is 113 Å². The Morgan fingerprint density at radius 3 is 2.68 bits per heavy atom. The van der Waals surface area contributed by atoms with Crippen LogP contribution in [0.4, 0.5) is 11.4 Å². The van der Waals surface area contributed by atoms with Crippen LogP contribution in [0, 0.1) is 0 Å². The topological polar surface area (TPSA) is 66.5 Å². The van der Waals surface area contributed by atoms with Crippen molar-refractivity contribution < 1.29 is 13.2 Å². The third-order valence-corrected chi connectivity index (χ3v) is 4.57. The van der Waals surface area contributed by atoms with E-state index in [-0.39, 0.29) is 11.7 Å². The molecule has 0 bridgehead atoms. The zero-order valence-electron chi connectivity index (χ0n) is 11.1. The van der Waals surface area contributed by atoms with Gasteiger partial charge in [0.05, 0.1) is 12.2 Å². The molecule has 6 heteroatoms. The summed E-state index contributed by atoms with van der Waals surface area (Å²) in [7, 11) is -3.28. The molecule has 1 aromatic carbocycles. The highest BCUT2D eigenvalue weighted by Gasteiger charge is 2.26. The summed E-state index contributed by atoms with van der Waals surface area (Å²) in [4.78, 5) is 13.5. The lowest BCUT2D eigenvalue weighted by Gasteiger charge is -2.15. The number of rotatable bonds is 5. The van der Waals surface area contributed by atoms with E-state index in [9.17, 15) is 13.2 Å². The monoisotopic (exact) mass is 282 g/mol. The minimum Gasteiger partial charge on any atom is -0.312 e. The first-order valence-electron chi connectivity index (χ1n) is 6.40. The van der Waals surface area contributed by atoms with Gasteiger partial charge in [-0.2, -0.15) is 0 Å². The normalized spacial score (nSPS) is 14.6. The summed E-state index contributed by atoms with van der Waals surface area (Å²) >= 11 is 0. The summed E-state index contributed by atoms with van der Waals surface area (Å²) in [6.45, 7) is 4.37. The van der Waals surface area contributed by atoms with E-state index >= 15 is 0 Å². The Balaban J connectivity index is 2.25. The molecule has 1 amide bonds. The van der Waals surface area contributed by atoms with Crippen molar-refractivity contribution in [3.05, 3.63) is 23.8 Å². The number of hydrogen-bond acceptors (Lipinski definition) is 3. The number of sulfonamides is 1. The zero-order chi connectivity index (χ0) is 14.0. The molecule has 0 atom stereocenters. The first kappa shape index (κ1) is 13.9. The maximum absolute atomic E-state index is 11.7. The van der Waals surface area contributed by atoms with Crippen LogP contribution in [0.15, 0.2) is 18.2 Å². The van der Waals surface area contributed by atoms with E-state index in [1.54, 1.807) is 23.1 Å². The number of hydrogen-bond donors (Lipinski definition) is 1. The van der Waals surface area contributed by atoms with E-state index in [0.717, 1.165) is 11.3 Å². The first-order valence-corrected chi connectivity index (χ1v) is 8.06. The number of anilines is 2. The fraction of sp³-hybridized carbons (Fsp3) is 0.462. The van der Waals surface area contributed by atoms with Crippen molar-refractivity contribution in [2.45, 2.75) is 26.7 Å². The van der Waals surface area contributed by atoms with Gasteiger partial charge in [-0.25, -0.2) is 8.42 Å². The van der Waals surface area contributed by atoms with Crippen LogP contribution in [-0.2, 0) is 21.2 Å². The minimum atomic E-state index is -3.28. The van der Waals surface area contributed by atoms with E-state index in [0.29, 0.717) is 25.1 Å². The van der Waals surface area contributed by atoms with Crippen LogP contribution in [0.3, 0.4) is 0 Å². The van der Waals surface area contributed by atoms with Crippen molar-refractivity contribution in [1.82, 2.24) is 0 Å². The van der Waals surface area contributed by atoms with Crippen LogP contribution in [0.25, 0.3) is 0 Å². The summed E-state index contributed by atoms with van der Waals surface area (Å²) < 4.78 is 25.9. The van der Waals surface area contributed by atoms with Gasteiger partial charge < -0.3 is 4.90 Å². The molecule has 0 aromatic heterocycles. The Morgan fingerprint density at radius 1 is 1.32 bits per heavy atom. The van der Waals surface area contributed by atoms with Crippen LogP contribution >= 0.6 is 0 Å². The molecule has 0 spiro atoms. The average molecular weight is 282 g/mol. The van der Waals surface area contributed by atoms with Crippen LogP contribution < -0.4 is 9.62 Å². The molecule has 1 N–H and O–H groups in total. The van der Waals surface area contributed by atoms with Gasteiger partial charge in [-0.15, -0.1) is 0 Å². The summed E-state index contributed by atoms with van der Waals surface area (Å²) in [5, 5.41) is 0. The van der Waals surface area contributed by atoms with Crippen LogP contribution in [0.5, 0.6) is 0 Å². The molecule has 104 valence electrons. The van der Waals surface area contributed by atoms with Gasteiger partial charge in [0.25, 0.3) is 0 Å². The maximum atomic E-state index is 11.7. The van der Waals surface area contributed by atoms with Crippen molar-refractivity contribution in [1.29, 1.82) is 0 Å². The van der Waals surface area contributed by atoms with Crippen LogP contribution in [0.1, 0.15) is 25.8 Å². The molecule has 0 fully saturated rings. The van der Waals surface area contributed by atoms with Gasteiger partial charge in [-0.05, 0) is 37.1 Å². The lowest BCUT2D eigenvalue weighted by Crippen LogP contribution is -2.25. The average Bonchev–Trinajstić information content (AvgIpc) is 2.62. The highest BCUT2D eigenvalue weighted by molar-refractivity contribution is 7.92. The highest BCUT2D eigenvalue weighted by atomic mass is 32.2.